The zero-order valence-corrected chi connectivity index (χ0v) is 6.55. The van der Waals surface area contributed by atoms with Gasteiger partial charge in [-0.1, -0.05) is 6.92 Å². The largest absolute Gasteiger partial charge is 0.318 e. The molecule has 2 heteroatoms. The Morgan fingerprint density at radius 3 is 2.25 bits per heavy atom. The maximum atomic E-state index is 4.87. The molecule has 0 aromatic heterocycles. The highest BCUT2D eigenvalue weighted by atomic mass is 32.2. The van der Waals surface area contributed by atoms with Crippen LogP contribution in [-0.2, 0) is 4.18 Å². The molecule has 0 aliphatic rings. The van der Waals surface area contributed by atoms with Crippen LogP contribution in [0.4, 0.5) is 0 Å². The van der Waals surface area contributed by atoms with Gasteiger partial charge in [0.15, 0.2) is 0 Å². The highest BCUT2D eigenvalue weighted by Crippen LogP contribution is 2.26. The molecule has 1 radical (unpaired) electrons. The van der Waals surface area contributed by atoms with E-state index in [1.807, 2.05) is 0 Å². The van der Waals surface area contributed by atoms with E-state index in [0.717, 1.165) is 6.42 Å². The fraction of sp³-hybridized carbons (Fsp3) is 0.833. The van der Waals surface area contributed by atoms with Gasteiger partial charge in [0.2, 0.25) is 0 Å². The lowest BCUT2D eigenvalue weighted by Crippen LogP contribution is -2.12. The number of hydrogen-bond donors (Lipinski definition) is 0. The summed E-state index contributed by atoms with van der Waals surface area (Å²) in [6.45, 7) is 7.99. The molecule has 0 spiro atoms. The molecule has 8 heavy (non-hydrogen) atoms. The molecule has 0 aliphatic heterocycles. The smallest absolute Gasteiger partial charge is 0.0503 e. The van der Waals surface area contributed by atoms with Crippen molar-refractivity contribution in [2.24, 2.45) is 0 Å². The van der Waals surface area contributed by atoms with E-state index in [-0.39, 0.29) is 4.75 Å². The first-order valence-electron chi connectivity index (χ1n) is 2.63. The van der Waals surface area contributed by atoms with Crippen LogP contribution in [0.5, 0.6) is 0 Å². The molecule has 1 nitrogen and oxygen atoms in total. The van der Waals surface area contributed by atoms with Crippen molar-refractivity contribution in [2.45, 2.75) is 25.0 Å². The van der Waals surface area contributed by atoms with Crippen molar-refractivity contribution < 1.29 is 4.18 Å². The summed E-state index contributed by atoms with van der Waals surface area (Å²) in [6.07, 6.45) is 0.894. The van der Waals surface area contributed by atoms with Crippen molar-refractivity contribution in [3.8, 4) is 0 Å². The van der Waals surface area contributed by atoms with Crippen molar-refractivity contribution in [3.63, 3.8) is 0 Å². The van der Waals surface area contributed by atoms with Crippen LogP contribution >= 0.6 is 12.0 Å². The SMILES string of the molecule is [CH2]CC(C)(C)SOC. The summed E-state index contributed by atoms with van der Waals surface area (Å²) in [5.74, 6) is 0. The predicted octanol–water partition coefficient (Wildman–Crippen LogP) is 2.28. The molecule has 0 heterocycles. The van der Waals surface area contributed by atoms with E-state index in [2.05, 4.69) is 20.8 Å². The highest BCUT2D eigenvalue weighted by Gasteiger charge is 2.14. The Kier molecular flexibility index (Phi) is 3.49. The summed E-state index contributed by atoms with van der Waals surface area (Å²) in [7, 11) is 1.68. The second-order valence-corrected chi connectivity index (χ2v) is 3.86. The van der Waals surface area contributed by atoms with Crippen LogP contribution in [0.25, 0.3) is 0 Å². The van der Waals surface area contributed by atoms with Crippen LogP contribution in [0.3, 0.4) is 0 Å². The molecule has 0 aromatic carbocycles. The molecule has 0 atom stereocenters. The van der Waals surface area contributed by atoms with Gasteiger partial charge in [0, 0.05) is 4.75 Å². The summed E-state index contributed by atoms with van der Waals surface area (Å²) in [6, 6.07) is 0. The minimum Gasteiger partial charge on any atom is -0.318 e. The third-order valence-corrected chi connectivity index (χ3v) is 1.73. The van der Waals surface area contributed by atoms with Crippen LogP contribution in [0, 0.1) is 6.92 Å². The third kappa shape index (κ3) is 3.33. The van der Waals surface area contributed by atoms with E-state index in [0.29, 0.717) is 0 Å². The van der Waals surface area contributed by atoms with Gasteiger partial charge < -0.3 is 4.18 Å². The van der Waals surface area contributed by atoms with E-state index in [9.17, 15) is 0 Å². The molecule has 0 saturated carbocycles. The molecule has 0 aliphatic carbocycles. The van der Waals surface area contributed by atoms with Gasteiger partial charge in [0.1, 0.15) is 0 Å². The van der Waals surface area contributed by atoms with Gasteiger partial charge in [-0.2, -0.15) is 0 Å². The number of rotatable bonds is 3. The van der Waals surface area contributed by atoms with Crippen LogP contribution in [0.1, 0.15) is 20.3 Å². The first-order chi connectivity index (χ1) is 3.62. The maximum absolute atomic E-state index is 4.87. The minimum absolute atomic E-state index is 0.175. The minimum atomic E-state index is 0.175. The summed E-state index contributed by atoms with van der Waals surface area (Å²) < 4.78 is 5.05. The third-order valence-electron chi connectivity index (χ3n) is 0.911. The summed E-state index contributed by atoms with van der Waals surface area (Å²) in [5, 5.41) is 0. The average Bonchev–Trinajstić information content (AvgIpc) is 1.67. The molecule has 0 unspecified atom stereocenters. The molecule has 0 bridgehead atoms. The maximum Gasteiger partial charge on any atom is 0.0503 e. The van der Waals surface area contributed by atoms with Crippen LogP contribution in [0.2, 0.25) is 0 Å². The Labute approximate surface area is 56.0 Å². The topological polar surface area (TPSA) is 9.23 Å². The molecule has 0 rings (SSSR count). The van der Waals surface area contributed by atoms with Gasteiger partial charge in [0.25, 0.3) is 0 Å². The summed E-state index contributed by atoms with van der Waals surface area (Å²) in [5.41, 5.74) is 0. The zero-order chi connectivity index (χ0) is 6.62. The monoisotopic (exact) mass is 133 g/mol. The molecule has 0 N–H and O–H groups in total. The van der Waals surface area contributed by atoms with Crippen molar-refractivity contribution in [1.82, 2.24) is 0 Å². The fourth-order valence-electron chi connectivity index (χ4n) is 0.267. The second-order valence-electron chi connectivity index (χ2n) is 2.26. The molecule has 0 saturated heterocycles. The first kappa shape index (κ1) is 8.31. The van der Waals surface area contributed by atoms with E-state index in [4.69, 9.17) is 4.18 Å². The summed E-state index contributed by atoms with van der Waals surface area (Å²) in [4.78, 5) is 0. The Hall–Kier alpha value is 0.310. The normalized spacial score (nSPS) is 12.0. The van der Waals surface area contributed by atoms with Crippen LogP contribution in [-0.4, -0.2) is 11.9 Å². The molecule has 49 valence electrons. The molecule has 0 aromatic rings. The van der Waals surface area contributed by atoms with Gasteiger partial charge in [-0.15, -0.1) is 0 Å². The standard InChI is InChI=1S/C6H13OS/c1-5-6(2,3)8-7-4/h1,5H2,2-4H3. The average molecular weight is 133 g/mol. The Bertz CT molecular complexity index is 61.5. The van der Waals surface area contributed by atoms with E-state index in [1.165, 1.54) is 12.0 Å². The quantitative estimate of drug-likeness (QED) is 0.546. The van der Waals surface area contributed by atoms with Crippen molar-refractivity contribution in [1.29, 1.82) is 0 Å². The van der Waals surface area contributed by atoms with Gasteiger partial charge in [0.05, 0.1) is 7.11 Å². The highest BCUT2D eigenvalue weighted by molar-refractivity contribution is 7.96. The van der Waals surface area contributed by atoms with E-state index >= 15 is 0 Å². The van der Waals surface area contributed by atoms with Crippen LogP contribution < -0.4 is 0 Å². The lowest BCUT2D eigenvalue weighted by atomic mass is 10.1. The van der Waals surface area contributed by atoms with E-state index in [1.54, 1.807) is 7.11 Å². The molecular weight excluding hydrogens is 120 g/mol. The Morgan fingerprint density at radius 2 is 2.12 bits per heavy atom. The molecule has 0 fully saturated rings. The summed E-state index contributed by atoms with van der Waals surface area (Å²) >= 11 is 1.47. The zero-order valence-electron chi connectivity index (χ0n) is 5.73. The predicted molar refractivity (Wildman–Crippen MR) is 38.7 cm³/mol. The van der Waals surface area contributed by atoms with Gasteiger partial charge in [-0.25, -0.2) is 0 Å². The molecule has 0 amide bonds. The molecular formula is C6H13OS. The van der Waals surface area contributed by atoms with Crippen molar-refractivity contribution >= 4 is 12.0 Å². The van der Waals surface area contributed by atoms with Gasteiger partial charge >= 0.3 is 0 Å². The van der Waals surface area contributed by atoms with Gasteiger partial charge in [-0.05, 0) is 32.3 Å². The van der Waals surface area contributed by atoms with Crippen LogP contribution in [0.15, 0.2) is 0 Å². The van der Waals surface area contributed by atoms with Crippen molar-refractivity contribution in [2.75, 3.05) is 7.11 Å². The Morgan fingerprint density at radius 1 is 1.62 bits per heavy atom. The first-order valence-corrected chi connectivity index (χ1v) is 3.37. The van der Waals surface area contributed by atoms with Crippen molar-refractivity contribution in [3.05, 3.63) is 6.92 Å². The van der Waals surface area contributed by atoms with E-state index < -0.39 is 0 Å². The lowest BCUT2D eigenvalue weighted by molar-refractivity contribution is 0.470. The lowest BCUT2D eigenvalue weighted by Gasteiger charge is -2.18. The van der Waals surface area contributed by atoms with Gasteiger partial charge in [-0.3, -0.25) is 0 Å². The Balaban J connectivity index is 3.37. The number of hydrogen-bond acceptors (Lipinski definition) is 2. The second kappa shape index (κ2) is 3.36. The fourth-order valence-corrected chi connectivity index (χ4v) is 0.802.